The van der Waals surface area contributed by atoms with Gasteiger partial charge in [0.05, 0.1) is 6.04 Å². The summed E-state index contributed by atoms with van der Waals surface area (Å²) in [6.45, 7) is 6.45. The van der Waals surface area contributed by atoms with E-state index in [4.69, 9.17) is 0 Å². The minimum atomic E-state index is 0.0582. The van der Waals surface area contributed by atoms with Gasteiger partial charge in [0.2, 0.25) is 5.91 Å². The van der Waals surface area contributed by atoms with Gasteiger partial charge in [-0.3, -0.25) is 4.79 Å². The van der Waals surface area contributed by atoms with Crippen LogP contribution in [0.25, 0.3) is 0 Å². The summed E-state index contributed by atoms with van der Waals surface area (Å²) in [4.78, 5) is 16.8. The third kappa shape index (κ3) is 3.93. The first-order valence-electron chi connectivity index (χ1n) is 7.77. The summed E-state index contributed by atoms with van der Waals surface area (Å²) in [5.74, 6) is 1.68. The van der Waals surface area contributed by atoms with Crippen LogP contribution in [0.2, 0.25) is 0 Å². The Morgan fingerprint density at radius 1 is 1.37 bits per heavy atom. The summed E-state index contributed by atoms with van der Waals surface area (Å²) < 4.78 is 0. The van der Waals surface area contributed by atoms with E-state index in [0.29, 0.717) is 11.8 Å². The zero-order valence-corrected chi connectivity index (χ0v) is 12.7. The Morgan fingerprint density at radius 2 is 2.16 bits per heavy atom. The van der Waals surface area contributed by atoms with E-state index in [1.54, 1.807) is 0 Å². The molecule has 2 aliphatic heterocycles. The van der Waals surface area contributed by atoms with Crippen LogP contribution in [0.4, 0.5) is 0 Å². The lowest BCUT2D eigenvalue weighted by Crippen LogP contribution is -2.50. The summed E-state index contributed by atoms with van der Waals surface area (Å²) in [5, 5.41) is 3.40. The Labute approximate surface area is 117 Å². The molecule has 2 aliphatic rings. The Kier molecular flexibility index (Phi) is 5.22. The zero-order valence-electron chi connectivity index (χ0n) is 12.7. The molecule has 19 heavy (non-hydrogen) atoms. The predicted octanol–water partition coefficient (Wildman–Crippen LogP) is 1.17. The molecule has 0 aromatic carbocycles. The van der Waals surface area contributed by atoms with Crippen LogP contribution < -0.4 is 5.32 Å². The Bertz CT molecular complexity index is 308. The quantitative estimate of drug-likeness (QED) is 0.831. The van der Waals surface area contributed by atoms with Crippen LogP contribution in [0.1, 0.15) is 32.6 Å². The third-order valence-electron chi connectivity index (χ3n) is 4.79. The molecule has 0 radical (unpaired) electrons. The highest BCUT2D eigenvalue weighted by Gasteiger charge is 2.29. The fourth-order valence-corrected chi connectivity index (χ4v) is 3.47. The molecule has 0 saturated carbocycles. The van der Waals surface area contributed by atoms with E-state index in [9.17, 15) is 4.79 Å². The van der Waals surface area contributed by atoms with Crippen molar-refractivity contribution in [2.24, 2.45) is 11.8 Å². The summed E-state index contributed by atoms with van der Waals surface area (Å²) >= 11 is 0. The summed E-state index contributed by atoms with van der Waals surface area (Å²) in [7, 11) is 4.13. The van der Waals surface area contributed by atoms with Gasteiger partial charge >= 0.3 is 0 Å². The van der Waals surface area contributed by atoms with Gasteiger partial charge in [-0.15, -0.1) is 0 Å². The molecule has 2 heterocycles. The monoisotopic (exact) mass is 267 g/mol. The van der Waals surface area contributed by atoms with Gasteiger partial charge in [-0.25, -0.2) is 0 Å². The number of nitrogens with zero attached hydrogens (tertiary/aromatic N) is 2. The van der Waals surface area contributed by atoms with Gasteiger partial charge in [-0.1, -0.05) is 13.3 Å². The fourth-order valence-electron chi connectivity index (χ4n) is 3.47. The maximum Gasteiger partial charge on any atom is 0.239 e. The molecule has 1 N–H and O–H groups in total. The summed E-state index contributed by atoms with van der Waals surface area (Å²) in [6.07, 6.45) is 4.66. The fraction of sp³-hybridized carbons (Fsp3) is 0.933. The Balaban J connectivity index is 1.81. The predicted molar refractivity (Wildman–Crippen MR) is 78.0 cm³/mol. The number of piperidine rings is 1. The smallest absolute Gasteiger partial charge is 0.239 e. The molecule has 2 fully saturated rings. The molecule has 1 amide bonds. The van der Waals surface area contributed by atoms with Gasteiger partial charge in [-0.2, -0.15) is 0 Å². The lowest BCUT2D eigenvalue weighted by molar-refractivity contribution is -0.133. The van der Waals surface area contributed by atoms with Gasteiger partial charge in [0.15, 0.2) is 0 Å². The zero-order chi connectivity index (χ0) is 13.8. The minimum absolute atomic E-state index is 0.0582. The number of hydrogen-bond acceptors (Lipinski definition) is 3. The molecule has 0 aliphatic carbocycles. The largest absolute Gasteiger partial charge is 0.344 e. The third-order valence-corrected chi connectivity index (χ3v) is 4.79. The van der Waals surface area contributed by atoms with Crippen molar-refractivity contribution in [1.82, 2.24) is 15.1 Å². The SMILES string of the molecule is CCC1CCNC(C(=O)N(C)CC2CCN(C)C2)C1. The van der Waals surface area contributed by atoms with Crippen molar-refractivity contribution in [3.8, 4) is 0 Å². The molecule has 110 valence electrons. The minimum Gasteiger partial charge on any atom is -0.344 e. The number of nitrogens with one attached hydrogen (secondary N) is 1. The highest BCUT2D eigenvalue weighted by molar-refractivity contribution is 5.81. The van der Waals surface area contributed by atoms with Crippen molar-refractivity contribution in [2.45, 2.75) is 38.6 Å². The van der Waals surface area contributed by atoms with Crippen LogP contribution in [0.3, 0.4) is 0 Å². The number of carbonyl (C=O) groups excluding carboxylic acids is 1. The molecule has 0 bridgehead atoms. The molecule has 2 rings (SSSR count). The van der Waals surface area contributed by atoms with Crippen molar-refractivity contribution >= 4 is 5.91 Å². The van der Waals surface area contributed by atoms with Gasteiger partial charge in [0, 0.05) is 20.1 Å². The second kappa shape index (κ2) is 6.71. The highest BCUT2D eigenvalue weighted by Crippen LogP contribution is 2.21. The molecule has 4 nitrogen and oxygen atoms in total. The standard InChI is InChI=1S/C15H29N3O/c1-4-12-5-7-16-14(9-12)15(19)18(3)11-13-6-8-17(2)10-13/h12-14,16H,4-11H2,1-3H3. The molecule has 0 aromatic rings. The van der Waals surface area contributed by atoms with Gasteiger partial charge in [0.1, 0.15) is 0 Å². The van der Waals surface area contributed by atoms with E-state index in [1.165, 1.54) is 25.8 Å². The Hall–Kier alpha value is -0.610. The molecular weight excluding hydrogens is 238 g/mol. The average molecular weight is 267 g/mol. The summed E-state index contributed by atoms with van der Waals surface area (Å²) in [6, 6.07) is 0.0582. The van der Waals surface area contributed by atoms with Crippen LogP contribution in [-0.2, 0) is 4.79 Å². The van der Waals surface area contributed by atoms with Gasteiger partial charge in [-0.05, 0) is 51.2 Å². The number of rotatable bonds is 4. The van der Waals surface area contributed by atoms with Gasteiger partial charge < -0.3 is 15.1 Å². The lowest BCUT2D eigenvalue weighted by atomic mass is 9.90. The second-order valence-electron chi connectivity index (χ2n) is 6.44. The average Bonchev–Trinajstić information content (AvgIpc) is 2.83. The number of hydrogen-bond donors (Lipinski definition) is 1. The van der Waals surface area contributed by atoms with Crippen molar-refractivity contribution in [1.29, 1.82) is 0 Å². The van der Waals surface area contributed by atoms with E-state index in [-0.39, 0.29) is 6.04 Å². The molecule has 0 aromatic heterocycles. The van der Waals surface area contributed by atoms with E-state index in [0.717, 1.165) is 32.0 Å². The number of likely N-dealkylation sites (tertiary alicyclic amines) is 1. The van der Waals surface area contributed by atoms with E-state index in [1.807, 2.05) is 11.9 Å². The van der Waals surface area contributed by atoms with Crippen molar-refractivity contribution in [2.75, 3.05) is 40.3 Å². The summed E-state index contributed by atoms with van der Waals surface area (Å²) in [5.41, 5.74) is 0. The van der Waals surface area contributed by atoms with Crippen LogP contribution in [0.15, 0.2) is 0 Å². The molecule has 3 unspecified atom stereocenters. The lowest BCUT2D eigenvalue weighted by Gasteiger charge is -2.32. The maximum absolute atomic E-state index is 12.5. The van der Waals surface area contributed by atoms with E-state index >= 15 is 0 Å². The molecule has 3 atom stereocenters. The van der Waals surface area contributed by atoms with Gasteiger partial charge in [0.25, 0.3) is 0 Å². The first-order chi connectivity index (χ1) is 9.10. The van der Waals surface area contributed by atoms with Crippen molar-refractivity contribution < 1.29 is 4.79 Å². The number of carbonyl (C=O) groups is 1. The first kappa shape index (κ1) is 14.8. The molecule has 4 heteroatoms. The van der Waals surface area contributed by atoms with Crippen LogP contribution in [0, 0.1) is 11.8 Å². The van der Waals surface area contributed by atoms with Crippen LogP contribution in [-0.4, -0.2) is 62.0 Å². The Morgan fingerprint density at radius 3 is 2.79 bits per heavy atom. The second-order valence-corrected chi connectivity index (χ2v) is 6.44. The molecule has 2 saturated heterocycles. The topological polar surface area (TPSA) is 35.6 Å². The maximum atomic E-state index is 12.5. The normalized spacial score (nSPS) is 32.5. The first-order valence-corrected chi connectivity index (χ1v) is 7.77. The number of amides is 1. The molecular formula is C15H29N3O. The highest BCUT2D eigenvalue weighted by atomic mass is 16.2. The van der Waals surface area contributed by atoms with Crippen LogP contribution >= 0.6 is 0 Å². The van der Waals surface area contributed by atoms with Crippen LogP contribution in [0.5, 0.6) is 0 Å². The van der Waals surface area contributed by atoms with Crippen molar-refractivity contribution in [3.05, 3.63) is 0 Å². The van der Waals surface area contributed by atoms with Crippen molar-refractivity contribution in [3.63, 3.8) is 0 Å². The van der Waals surface area contributed by atoms with E-state index in [2.05, 4.69) is 24.2 Å². The molecule has 0 spiro atoms. The number of likely N-dealkylation sites (N-methyl/N-ethyl adjacent to an activating group) is 1. The van der Waals surface area contributed by atoms with E-state index < -0.39 is 0 Å².